The molecule has 0 bridgehead atoms. The van der Waals surface area contributed by atoms with E-state index in [0.29, 0.717) is 0 Å². The van der Waals surface area contributed by atoms with Crippen molar-refractivity contribution >= 4 is 12.1 Å². The molecule has 1 aromatic rings. The van der Waals surface area contributed by atoms with Gasteiger partial charge in [0.2, 0.25) is 0 Å². The zero-order chi connectivity index (χ0) is 14.0. The number of carboxylic acid groups (broad SMARTS) is 1. The van der Waals surface area contributed by atoms with Gasteiger partial charge in [-0.25, -0.2) is 9.59 Å². The number of ether oxygens (including phenoxy) is 1. The first-order chi connectivity index (χ1) is 8.95. The van der Waals surface area contributed by atoms with Crippen molar-refractivity contribution in [1.82, 2.24) is 4.90 Å². The topological polar surface area (TPSA) is 87.1 Å². The molecule has 1 unspecified atom stereocenters. The maximum Gasteiger partial charge on any atom is 0.410 e. The number of carboxylic acids is 1. The highest BCUT2D eigenvalue weighted by molar-refractivity contribution is 5.83. The Kier molecular flexibility index (Phi) is 3.44. The summed E-state index contributed by atoms with van der Waals surface area (Å²) in [5, 5.41) is 18.6. The van der Waals surface area contributed by atoms with Crippen LogP contribution in [0.3, 0.4) is 0 Å². The Morgan fingerprint density at radius 3 is 2.58 bits per heavy atom. The molecule has 102 valence electrons. The molecule has 1 aliphatic heterocycles. The van der Waals surface area contributed by atoms with Crippen LogP contribution in [0.1, 0.15) is 12.5 Å². The van der Waals surface area contributed by atoms with Crippen molar-refractivity contribution in [3.63, 3.8) is 0 Å². The number of carbonyl (C=O) groups excluding carboxylic acids is 1. The Morgan fingerprint density at radius 1 is 1.42 bits per heavy atom. The number of aliphatic hydroxyl groups is 1. The minimum Gasteiger partial charge on any atom is -0.479 e. The number of rotatable bonds is 3. The van der Waals surface area contributed by atoms with Crippen LogP contribution in [-0.2, 0) is 16.1 Å². The first kappa shape index (κ1) is 13.4. The van der Waals surface area contributed by atoms with Crippen LogP contribution in [0.2, 0.25) is 0 Å². The fourth-order valence-electron chi connectivity index (χ4n) is 1.95. The second-order valence-electron chi connectivity index (χ2n) is 4.57. The number of amides is 1. The second-order valence-corrected chi connectivity index (χ2v) is 4.57. The Morgan fingerprint density at radius 2 is 2.05 bits per heavy atom. The Bertz CT molecular complexity index is 489. The predicted molar refractivity (Wildman–Crippen MR) is 65.4 cm³/mol. The first-order valence-corrected chi connectivity index (χ1v) is 5.88. The number of hydrogen-bond donors (Lipinski definition) is 2. The van der Waals surface area contributed by atoms with Crippen molar-refractivity contribution in [2.45, 2.75) is 25.2 Å². The highest BCUT2D eigenvalue weighted by atomic mass is 16.6. The minimum atomic E-state index is -1.87. The average Bonchev–Trinajstić information content (AvgIpc) is 2.42. The van der Waals surface area contributed by atoms with E-state index >= 15 is 0 Å². The summed E-state index contributed by atoms with van der Waals surface area (Å²) in [6.07, 6.45) is -0.623. The van der Waals surface area contributed by atoms with E-state index in [0.717, 1.165) is 5.56 Å². The molecular weight excluding hydrogens is 250 g/mol. The minimum absolute atomic E-state index is 0.119. The lowest BCUT2D eigenvalue weighted by Crippen LogP contribution is -2.73. The number of carbonyl (C=O) groups is 2. The third-order valence-electron chi connectivity index (χ3n) is 3.38. The predicted octanol–water partition coefficient (Wildman–Crippen LogP) is 0.843. The fourth-order valence-corrected chi connectivity index (χ4v) is 1.95. The summed E-state index contributed by atoms with van der Waals surface area (Å²) in [6, 6.07) is 8.36. The summed E-state index contributed by atoms with van der Waals surface area (Å²) in [5.41, 5.74) is -1.02. The summed E-state index contributed by atoms with van der Waals surface area (Å²) in [5.74, 6) is -1.33. The van der Waals surface area contributed by atoms with Gasteiger partial charge in [-0.05, 0) is 12.5 Å². The number of β-amino-alcohol motifs (C(OH)–C–C–N with tert-alkyl or cyclic N) is 1. The highest BCUT2D eigenvalue weighted by Crippen LogP contribution is 2.30. The van der Waals surface area contributed by atoms with Crippen LogP contribution in [0.25, 0.3) is 0 Å². The van der Waals surface area contributed by atoms with Gasteiger partial charge in [0.15, 0.2) is 5.60 Å². The van der Waals surface area contributed by atoms with Gasteiger partial charge in [0, 0.05) is 0 Å². The molecule has 2 rings (SSSR count). The van der Waals surface area contributed by atoms with Gasteiger partial charge in [0.1, 0.15) is 6.61 Å². The lowest BCUT2D eigenvalue weighted by Gasteiger charge is -2.48. The monoisotopic (exact) mass is 265 g/mol. The Hall–Kier alpha value is -2.08. The van der Waals surface area contributed by atoms with Gasteiger partial charge in [0.25, 0.3) is 0 Å². The second kappa shape index (κ2) is 4.89. The van der Waals surface area contributed by atoms with Gasteiger partial charge >= 0.3 is 12.1 Å². The van der Waals surface area contributed by atoms with E-state index in [4.69, 9.17) is 9.84 Å². The van der Waals surface area contributed by atoms with Crippen molar-refractivity contribution in [2.24, 2.45) is 0 Å². The van der Waals surface area contributed by atoms with Crippen LogP contribution in [0.5, 0.6) is 0 Å². The van der Waals surface area contributed by atoms with Crippen LogP contribution in [0, 0.1) is 0 Å². The van der Waals surface area contributed by atoms with Gasteiger partial charge < -0.3 is 14.9 Å². The van der Waals surface area contributed by atoms with Gasteiger partial charge in [-0.2, -0.15) is 0 Å². The van der Waals surface area contributed by atoms with E-state index in [1.165, 1.54) is 11.8 Å². The van der Waals surface area contributed by atoms with Crippen LogP contribution in [-0.4, -0.2) is 45.4 Å². The van der Waals surface area contributed by atoms with Crippen molar-refractivity contribution in [1.29, 1.82) is 0 Å². The Balaban J connectivity index is 1.88. The van der Waals surface area contributed by atoms with E-state index in [9.17, 15) is 14.7 Å². The zero-order valence-corrected chi connectivity index (χ0v) is 10.4. The Labute approximate surface area is 110 Å². The van der Waals surface area contributed by atoms with Gasteiger partial charge in [0.05, 0.1) is 12.6 Å². The molecule has 1 saturated heterocycles. The van der Waals surface area contributed by atoms with Crippen LogP contribution in [0.15, 0.2) is 30.3 Å². The molecule has 1 heterocycles. The quantitative estimate of drug-likeness (QED) is 0.845. The van der Waals surface area contributed by atoms with E-state index < -0.39 is 23.7 Å². The molecule has 1 amide bonds. The molecule has 1 aromatic carbocycles. The first-order valence-electron chi connectivity index (χ1n) is 5.88. The molecule has 2 atom stereocenters. The standard InChI is InChI=1S/C13H15NO5/c1-9-13(18,11(15)16)8-14(9)12(17)19-7-10-5-3-2-4-6-10/h2-6,9,18H,7-8H2,1H3,(H,15,16)/t9-,13?/m1/s1. The molecule has 1 fully saturated rings. The lowest BCUT2D eigenvalue weighted by atomic mass is 9.85. The molecule has 1 aliphatic rings. The maximum absolute atomic E-state index is 11.7. The molecule has 2 N–H and O–H groups in total. The molecule has 0 aromatic heterocycles. The third kappa shape index (κ3) is 2.39. The van der Waals surface area contributed by atoms with E-state index in [1.54, 1.807) is 0 Å². The van der Waals surface area contributed by atoms with E-state index in [-0.39, 0.29) is 13.2 Å². The lowest BCUT2D eigenvalue weighted by molar-refractivity contribution is -0.187. The van der Waals surface area contributed by atoms with Crippen molar-refractivity contribution in [2.75, 3.05) is 6.54 Å². The molecule has 0 aliphatic carbocycles. The molecular formula is C13H15NO5. The van der Waals surface area contributed by atoms with Crippen molar-refractivity contribution in [3.8, 4) is 0 Å². The van der Waals surface area contributed by atoms with Crippen LogP contribution < -0.4 is 0 Å². The molecule has 19 heavy (non-hydrogen) atoms. The van der Waals surface area contributed by atoms with E-state index in [1.807, 2.05) is 30.3 Å². The van der Waals surface area contributed by atoms with Crippen molar-refractivity contribution < 1.29 is 24.5 Å². The summed E-state index contributed by atoms with van der Waals surface area (Å²) < 4.78 is 5.06. The number of benzene rings is 1. The fraction of sp³-hybridized carbons (Fsp3) is 0.385. The number of nitrogens with zero attached hydrogens (tertiary/aromatic N) is 1. The summed E-state index contributed by atoms with van der Waals surface area (Å²) in [6.45, 7) is 1.34. The molecule has 0 spiro atoms. The molecule has 0 radical (unpaired) electrons. The maximum atomic E-state index is 11.7. The normalized spacial score (nSPS) is 25.6. The number of aliphatic carboxylic acids is 1. The SMILES string of the molecule is C[C@H]1N(C(=O)OCc2ccccc2)CC1(O)C(=O)O. The zero-order valence-electron chi connectivity index (χ0n) is 10.4. The molecule has 6 nitrogen and oxygen atoms in total. The molecule has 0 saturated carbocycles. The van der Waals surface area contributed by atoms with Crippen molar-refractivity contribution in [3.05, 3.63) is 35.9 Å². The smallest absolute Gasteiger partial charge is 0.410 e. The van der Waals surface area contributed by atoms with Crippen LogP contribution >= 0.6 is 0 Å². The number of likely N-dealkylation sites (tertiary alicyclic amines) is 1. The van der Waals surface area contributed by atoms with Crippen LogP contribution in [0.4, 0.5) is 4.79 Å². The average molecular weight is 265 g/mol. The third-order valence-corrected chi connectivity index (χ3v) is 3.38. The summed E-state index contributed by atoms with van der Waals surface area (Å²) in [4.78, 5) is 23.7. The van der Waals surface area contributed by atoms with Gasteiger partial charge in [-0.1, -0.05) is 30.3 Å². The van der Waals surface area contributed by atoms with Gasteiger partial charge in [-0.3, -0.25) is 4.90 Å². The highest BCUT2D eigenvalue weighted by Gasteiger charge is 2.57. The summed E-state index contributed by atoms with van der Waals surface area (Å²) in [7, 11) is 0. The summed E-state index contributed by atoms with van der Waals surface area (Å²) >= 11 is 0. The largest absolute Gasteiger partial charge is 0.479 e. The molecule has 6 heteroatoms. The number of hydrogen-bond acceptors (Lipinski definition) is 4. The van der Waals surface area contributed by atoms with E-state index in [2.05, 4.69) is 0 Å². The van der Waals surface area contributed by atoms with Gasteiger partial charge in [-0.15, -0.1) is 0 Å².